The second-order valence-electron chi connectivity index (χ2n) is 11.7. The van der Waals surface area contributed by atoms with Crippen LogP contribution in [0.2, 0.25) is 5.02 Å². The Morgan fingerprint density at radius 2 is 1.69 bits per heavy atom. The number of ketones is 1. The summed E-state index contributed by atoms with van der Waals surface area (Å²) in [6, 6.07) is 4.06. The molecule has 0 saturated heterocycles. The summed E-state index contributed by atoms with van der Waals surface area (Å²) >= 11 is 5.86. The first-order valence-corrected chi connectivity index (χ1v) is 12.1. The minimum Gasteiger partial charge on any atom is -0.456 e. The Morgan fingerprint density at radius 1 is 1.11 bits per heavy atom. The third kappa shape index (κ3) is 5.89. The molecule has 10 heteroatoms. The number of carbonyl (C=O) groups excluding carboxylic acids is 2. The summed E-state index contributed by atoms with van der Waals surface area (Å²) in [5, 5.41) is 17.6. The maximum absolute atomic E-state index is 13.0. The van der Waals surface area contributed by atoms with Crippen molar-refractivity contribution >= 4 is 29.0 Å². The van der Waals surface area contributed by atoms with Gasteiger partial charge in [0.2, 0.25) is 5.82 Å². The van der Waals surface area contributed by atoms with Crippen LogP contribution in [0.5, 0.6) is 0 Å². The number of aromatic nitrogens is 3. The molecule has 35 heavy (non-hydrogen) atoms. The van der Waals surface area contributed by atoms with Gasteiger partial charge in [-0.2, -0.15) is 5.10 Å². The van der Waals surface area contributed by atoms with E-state index in [0.717, 1.165) is 12.8 Å². The van der Waals surface area contributed by atoms with E-state index in [2.05, 4.69) is 63.6 Å². The Hall–Kier alpha value is -2.81. The Balaban J connectivity index is 1.85. The van der Waals surface area contributed by atoms with Crippen LogP contribution in [-0.4, -0.2) is 38.0 Å². The lowest BCUT2D eigenvalue weighted by Gasteiger charge is -2.50. The predicted octanol–water partition coefficient (Wildman–Crippen LogP) is 5.88. The van der Waals surface area contributed by atoms with Crippen molar-refractivity contribution in [1.82, 2.24) is 15.2 Å². The quantitative estimate of drug-likeness (QED) is 0.177. The molecule has 1 heterocycles. The highest BCUT2D eigenvalue weighted by Gasteiger charge is 2.48. The van der Waals surface area contributed by atoms with Gasteiger partial charge in [-0.15, -0.1) is 0 Å². The zero-order valence-corrected chi connectivity index (χ0v) is 22.0. The van der Waals surface area contributed by atoms with Crippen molar-refractivity contribution in [3.8, 4) is 11.4 Å². The van der Waals surface area contributed by atoms with E-state index in [1.54, 1.807) is 0 Å². The van der Waals surface area contributed by atoms with E-state index in [4.69, 9.17) is 16.3 Å². The van der Waals surface area contributed by atoms with Gasteiger partial charge >= 0.3 is 11.8 Å². The molecule has 0 amide bonds. The molecule has 0 bridgehead atoms. The van der Waals surface area contributed by atoms with E-state index < -0.39 is 22.8 Å². The minimum absolute atomic E-state index is 0.0298. The van der Waals surface area contributed by atoms with Crippen molar-refractivity contribution in [2.75, 3.05) is 0 Å². The molecule has 1 fully saturated rings. The van der Waals surface area contributed by atoms with Gasteiger partial charge < -0.3 is 4.74 Å². The summed E-state index contributed by atoms with van der Waals surface area (Å²) < 4.78 is 5.93. The number of hydrogen-bond acceptors (Lipinski definition) is 7. The Bertz CT molecular complexity index is 1110. The van der Waals surface area contributed by atoms with Gasteiger partial charge in [-0.3, -0.25) is 20.0 Å². The van der Waals surface area contributed by atoms with Crippen molar-refractivity contribution < 1.29 is 19.2 Å². The fourth-order valence-corrected chi connectivity index (χ4v) is 5.11. The second-order valence-corrected chi connectivity index (χ2v) is 12.1. The van der Waals surface area contributed by atoms with Crippen LogP contribution >= 0.6 is 11.6 Å². The highest BCUT2D eigenvalue weighted by Crippen LogP contribution is 2.49. The predicted molar refractivity (Wildman–Crippen MR) is 132 cm³/mol. The van der Waals surface area contributed by atoms with Crippen molar-refractivity contribution in [1.29, 1.82) is 0 Å². The van der Waals surface area contributed by atoms with Gasteiger partial charge in [0.1, 0.15) is 11.1 Å². The lowest BCUT2D eigenvalue weighted by atomic mass is 9.59. The van der Waals surface area contributed by atoms with Crippen LogP contribution in [-0.2, 0) is 9.53 Å². The number of nitrogens with one attached hydrogen (secondary N) is 1. The molecule has 1 aromatic carbocycles. The third-order valence-electron chi connectivity index (χ3n) is 6.86. The molecule has 2 aromatic rings. The van der Waals surface area contributed by atoms with Gasteiger partial charge in [0.25, 0.3) is 5.69 Å². The molecular formula is C25H33ClN4O5. The number of carbonyl (C=O) groups is 2. The minimum atomic E-state index is -0.988. The monoisotopic (exact) mass is 504 g/mol. The number of benzene rings is 1. The van der Waals surface area contributed by atoms with E-state index in [1.807, 2.05) is 0 Å². The van der Waals surface area contributed by atoms with Gasteiger partial charge in [0.05, 0.1) is 4.92 Å². The largest absolute Gasteiger partial charge is 0.456 e. The molecule has 1 N–H and O–H groups in total. The van der Waals surface area contributed by atoms with Crippen molar-refractivity contribution in [3.05, 3.63) is 39.2 Å². The molecule has 2 atom stereocenters. The van der Waals surface area contributed by atoms with Gasteiger partial charge in [-0.05, 0) is 41.7 Å². The summed E-state index contributed by atoms with van der Waals surface area (Å²) in [5.41, 5.74) is -0.259. The van der Waals surface area contributed by atoms with Crippen LogP contribution in [0.15, 0.2) is 18.2 Å². The van der Waals surface area contributed by atoms with E-state index in [0.29, 0.717) is 5.92 Å². The number of H-pyrrole nitrogens is 1. The summed E-state index contributed by atoms with van der Waals surface area (Å²) in [5.74, 6) is -1.52. The van der Waals surface area contributed by atoms with Crippen molar-refractivity contribution in [3.63, 3.8) is 0 Å². The van der Waals surface area contributed by atoms with Crippen LogP contribution in [0.4, 0.5) is 5.69 Å². The molecule has 3 rings (SSSR count). The van der Waals surface area contributed by atoms with Crippen molar-refractivity contribution in [2.24, 2.45) is 28.6 Å². The normalized spacial score (nSPS) is 23.1. The maximum Gasteiger partial charge on any atom is 0.383 e. The second kappa shape index (κ2) is 9.68. The number of rotatable bonds is 5. The van der Waals surface area contributed by atoms with Crippen LogP contribution < -0.4 is 0 Å². The number of hydrogen-bond donors (Lipinski definition) is 1. The number of nitro groups is 1. The number of ether oxygens (including phenoxy) is 1. The van der Waals surface area contributed by atoms with E-state index in [1.165, 1.54) is 18.2 Å². The summed E-state index contributed by atoms with van der Waals surface area (Å²) in [6.45, 7) is 15.0. The lowest BCUT2D eigenvalue weighted by molar-refractivity contribution is -0.384. The summed E-state index contributed by atoms with van der Waals surface area (Å²) in [6.07, 6.45) is 1.40. The number of aromatic amines is 1. The maximum atomic E-state index is 13.0. The van der Waals surface area contributed by atoms with Crippen LogP contribution in [0.1, 0.15) is 71.9 Å². The standard InChI is InChI=1S/C25H33ClN4O5/c1-13-10-15(24(2,3)4)20(16(11-13)25(5,6)7)35-23(32)19(31)22-27-21(28-29-22)14-8-9-17(26)18(12-14)30(33)34/h8-9,12-13,15-16,20H,10-11H2,1-7H3,(H,27,28,29). The zero-order valence-electron chi connectivity index (χ0n) is 21.2. The summed E-state index contributed by atoms with van der Waals surface area (Å²) in [7, 11) is 0. The molecule has 0 radical (unpaired) electrons. The average Bonchev–Trinajstić information content (AvgIpc) is 3.22. The number of halogens is 1. The molecule has 1 aliphatic rings. The number of nitro benzene ring substituents is 1. The molecule has 2 unspecified atom stereocenters. The molecule has 1 saturated carbocycles. The zero-order chi connectivity index (χ0) is 26.3. The number of Topliss-reactive ketones (excluding diaryl/α,β-unsaturated/α-hetero) is 1. The molecule has 0 aliphatic heterocycles. The Morgan fingerprint density at radius 3 is 2.20 bits per heavy atom. The lowest BCUT2D eigenvalue weighted by Crippen LogP contribution is -2.50. The highest BCUT2D eigenvalue weighted by atomic mass is 35.5. The van der Waals surface area contributed by atoms with Crippen LogP contribution in [0.25, 0.3) is 11.4 Å². The first kappa shape index (κ1) is 26.8. The SMILES string of the molecule is CC1CC(C(C)(C)C)C(OC(=O)C(=O)c2nc(-c3ccc(Cl)c([N+](=O)[O-])c3)n[nH]2)C(C(C)(C)C)C1. The van der Waals surface area contributed by atoms with Crippen LogP contribution in [0, 0.1) is 38.7 Å². The molecule has 1 aromatic heterocycles. The molecule has 9 nitrogen and oxygen atoms in total. The molecule has 0 spiro atoms. The van der Waals surface area contributed by atoms with E-state index >= 15 is 0 Å². The van der Waals surface area contributed by atoms with Gasteiger partial charge in [-0.25, -0.2) is 9.78 Å². The van der Waals surface area contributed by atoms with E-state index in [9.17, 15) is 19.7 Å². The fourth-order valence-electron chi connectivity index (χ4n) is 4.93. The van der Waals surface area contributed by atoms with E-state index in [-0.39, 0.29) is 50.6 Å². The third-order valence-corrected chi connectivity index (χ3v) is 7.18. The fraction of sp³-hybridized carbons (Fsp3) is 0.600. The number of esters is 1. The molecule has 1 aliphatic carbocycles. The highest BCUT2D eigenvalue weighted by molar-refractivity contribution is 6.39. The topological polar surface area (TPSA) is 128 Å². The first-order chi connectivity index (χ1) is 16.1. The summed E-state index contributed by atoms with van der Waals surface area (Å²) in [4.78, 5) is 40.6. The van der Waals surface area contributed by atoms with Gasteiger partial charge in [0.15, 0.2) is 5.82 Å². The van der Waals surface area contributed by atoms with Gasteiger partial charge in [0, 0.05) is 23.5 Å². The number of nitrogens with zero attached hydrogens (tertiary/aromatic N) is 3. The average molecular weight is 505 g/mol. The van der Waals surface area contributed by atoms with Crippen LogP contribution in [0.3, 0.4) is 0 Å². The first-order valence-electron chi connectivity index (χ1n) is 11.7. The Kier molecular flexibility index (Phi) is 7.41. The van der Waals surface area contributed by atoms with Gasteiger partial charge in [-0.1, -0.05) is 60.1 Å². The Labute approximate surface area is 210 Å². The van der Waals surface area contributed by atoms with Crippen molar-refractivity contribution in [2.45, 2.75) is 67.4 Å². The smallest absolute Gasteiger partial charge is 0.383 e. The molecular weight excluding hydrogens is 472 g/mol. The molecule has 190 valence electrons.